The summed E-state index contributed by atoms with van der Waals surface area (Å²) in [6.07, 6.45) is -0.676. The summed E-state index contributed by atoms with van der Waals surface area (Å²) in [4.78, 5) is 12.6. The molecule has 0 fully saturated rings. The molecule has 0 bridgehead atoms. The molecule has 1 aromatic carbocycles. The molecule has 1 heterocycles. The van der Waals surface area contributed by atoms with Crippen LogP contribution in [0.4, 0.5) is 0 Å². The SMILES string of the molecule is Cc1ccc([C@@H](O)CNC(=O)c2sccc2C)cc1. The Bertz CT molecular complexity index is 560. The zero-order chi connectivity index (χ0) is 13.8. The van der Waals surface area contributed by atoms with Gasteiger partial charge in [-0.25, -0.2) is 0 Å². The molecule has 100 valence electrons. The van der Waals surface area contributed by atoms with E-state index in [0.29, 0.717) is 4.88 Å². The number of nitrogens with one attached hydrogen (secondary N) is 1. The molecule has 2 N–H and O–H groups in total. The quantitative estimate of drug-likeness (QED) is 0.901. The zero-order valence-electron chi connectivity index (χ0n) is 11.0. The highest BCUT2D eigenvalue weighted by Gasteiger charge is 2.13. The molecular weight excluding hydrogens is 258 g/mol. The number of carbonyl (C=O) groups excluding carboxylic acids is 1. The highest BCUT2D eigenvalue weighted by atomic mass is 32.1. The summed E-state index contributed by atoms with van der Waals surface area (Å²) in [6, 6.07) is 9.56. The van der Waals surface area contributed by atoms with E-state index in [2.05, 4.69) is 5.32 Å². The minimum Gasteiger partial charge on any atom is -0.387 e. The summed E-state index contributed by atoms with van der Waals surface area (Å²) in [6.45, 7) is 4.12. The van der Waals surface area contributed by atoms with E-state index >= 15 is 0 Å². The number of hydrogen-bond donors (Lipinski definition) is 2. The first-order valence-electron chi connectivity index (χ1n) is 6.15. The lowest BCUT2D eigenvalue weighted by Gasteiger charge is -2.12. The molecule has 3 nitrogen and oxygen atoms in total. The van der Waals surface area contributed by atoms with Crippen molar-refractivity contribution in [2.24, 2.45) is 0 Å². The molecule has 2 rings (SSSR count). The lowest BCUT2D eigenvalue weighted by atomic mass is 10.1. The van der Waals surface area contributed by atoms with Gasteiger partial charge < -0.3 is 10.4 Å². The van der Waals surface area contributed by atoms with E-state index in [4.69, 9.17) is 0 Å². The van der Waals surface area contributed by atoms with Gasteiger partial charge in [-0.1, -0.05) is 29.8 Å². The normalized spacial score (nSPS) is 12.2. The van der Waals surface area contributed by atoms with Crippen LogP contribution in [0.3, 0.4) is 0 Å². The molecule has 0 unspecified atom stereocenters. The lowest BCUT2D eigenvalue weighted by Crippen LogP contribution is -2.28. The van der Waals surface area contributed by atoms with Crippen molar-refractivity contribution < 1.29 is 9.90 Å². The third kappa shape index (κ3) is 3.43. The molecule has 2 aromatic rings. The Balaban J connectivity index is 1.94. The maximum absolute atomic E-state index is 11.9. The van der Waals surface area contributed by atoms with Crippen molar-refractivity contribution in [3.05, 3.63) is 57.3 Å². The molecule has 0 aliphatic carbocycles. The third-order valence-corrected chi connectivity index (χ3v) is 4.00. The van der Waals surface area contributed by atoms with E-state index in [1.807, 2.05) is 49.6 Å². The Morgan fingerprint density at radius 1 is 1.26 bits per heavy atom. The van der Waals surface area contributed by atoms with Crippen molar-refractivity contribution in [3.8, 4) is 0 Å². The van der Waals surface area contributed by atoms with Crippen LogP contribution in [-0.2, 0) is 0 Å². The Labute approximate surface area is 116 Å². The monoisotopic (exact) mass is 275 g/mol. The molecule has 1 aromatic heterocycles. The van der Waals surface area contributed by atoms with E-state index in [0.717, 1.165) is 16.7 Å². The van der Waals surface area contributed by atoms with Crippen LogP contribution in [0.5, 0.6) is 0 Å². The average molecular weight is 275 g/mol. The van der Waals surface area contributed by atoms with E-state index in [-0.39, 0.29) is 12.5 Å². The highest BCUT2D eigenvalue weighted by molar-refractivity contribution is 7.12. The molecule has 1 atom stereocenters. The molecular formula is C15H17NO2S. The number of aliphatic hydroxyl groups excluding tert-OH is 1. The minimum atomic E-state index is -0.676. The Hall–Kier alpha value is -1.65. The zero-order valence-corrected chi connectivity index (χ0v) is 11.8. The highest BCUT2D eigenvalue weighted by Crippen LogP contribution is 2.16. The number of aryl methyl sites for hydroxylation is 2. The van der Waals surface area contributed by atoms with Crippen LogP contribution in [0, 0.1) is 13.8 Å². The molecule has 0 spiro atoms. The summed E-state index contributed by atoms with van der Waals surface area (Å²) in [5, 5.41) is 14.7. The van der Waals surface area contributed by atoms with E-state index in [9.17, 15) is 9.90 Å². The van der Waals surface area contributed by atoms with Crippen LogP contribution in [0.1, 0.15) is 32.5 Å². The summed E-state index contributed by atoms with van der Waals surface area (Å²) in [5.41, 5.74) is 2.93. The summed E-state index contributed by atoms with van der Waals surface area (Å²) < 4.78 is 0. The van der Waals surface area contributed by atoms with Gasteiger partial charge in [0.1, 0.15) is 0 Å². The molecule has 0 aliphatic rings. The van der Waals surface area contributed by atoms with Gasteiger partial charge in [0.05, 0.1) is 11.0 Å². The van der Waals surface area contributed by atoms with Crippen LogP contribution in [-0.4, -0.2) is 17.6 Å². The van der Waals surface area contributed by atoms with Gasteiger partial charge in [0.2, 0.25) is 0 Å². The standard InChI is InChI=1S/C15H17NO2S/c1-10-3-5-12(6-4-10)13(17)9-16-15(18)14-11(2)7-8-19-14/h3-8,13,17H,9H2,1-2H3,(H,16,18)/t13-/m0/s1. The van der Waals surface area contributed by atoms with Crippen molar-refractivity contribution >= 4 is 17.2 Å². The Morgan fingerprint density at radius 3 is 2.53 bits per heavy atom. The maximum atomic E-state index is 11.9. The summed E-state index contributed by atoms with van der Waals surface area (Å²) in [5.74, 6) is -0.126. The fourth-order valence-electron chi connectivity index (χ4n) is 1.78. The molecule has 0 saturated heterocycles. The van der Waals surface area contributed by atoms with Gasteiger partial charge in [-0.2, -0.15) is 0 Å². The molecule has 0 aliphatic heterocycles. The smallest absolute Gasteiger partial charge is 0.261 e. The van der Waals surface area contributed by atoms with Crippen molar-refractivity contribution in [3.63, 3.8) is 0 Å². The number of amides is 1. The second-order valence-electron chi connectivity index (χ2n) is 4.57. The summed E-state index contributed by atoms with van der Waals surface area (Å²) >= 11 is 1.41. The van der Waals surface area contributed by atoms with E-state index in [1.54, 1.807) is 0 Å². The first kappa shape index (κ1) is 13.8. The van der Waals surface area contributed by atoms with Crippen LogP contribution in [0.2, 0.25) is 0 Å². The predicted octanol–water partition coefficient (Wildman–Crippen LogP) is 2.83. The number of aliphatic hydroxyl groups is 1. The fourth-order valence-corrected chi connectivity index (χ4v) is 2.62. The maximum Gasteiger partial charge on any atom is 0.261 e. The van der Waals surface area contributed by atoms with Crippen molar-refractivity contribution in [2.45, 2.75) is 20.0 Å². The van der Waals surface area contributed by atoms with Gasteiger partial charge in [-0.15, -0.1) is 11.3 Å². The van der Waals surface area contributed by atoms with Crippen molar-refractivity contribution in [1.29, 1.82) is 0 Å². The van der Waals surface area contributed by atoms with Crippen LogP contribution >= 0.6 is 11.3 Å². The first-order valence-corrected chi connectivity index (χ1v) is 7.03. The number of benzene rings is 1. The van der Waals surface area contributed by atoms with Gasteiger partial charge in [0.15, 0.2) is 0 Å². The van der Waals surface area contributed by atoms with Crippen LogP contribution in [0.15, 0.2) is 35.7 Å². The van der Waals surface area contributed by atoms with Gasteiger partial charge in [-0.05, 0) is 36.4 Å². The van der Waals surface area contributed by atoms with Crippen molar-refractivity contribution in [1.82, 2.24) is 5.32 Å². The topological polar surface area (TPSA) is 49.3 Å². The minimum absolute atomic E-state index is 0.126. The van der Waals surface area contributed by atoms with Gasteiger partial charge in [-0.3, -0.25) is 4.79 Å². The Morgan fingerprint density at radius 2 is 1.95 bits per heavy atom. The number of carbonyl (C=O) groups is 1. The second kappa shape index (κ2) is 5.99. The molecule has 1 amide bonds. The fraction of sp³-hybridized carbons (Fsp3) is 0.267. The molecule has 19 heavy (non-hydrogen) atoms. The van der Waals surface area contributed by atoms with Gasteiger partial charge >= 0.3 is 0 Å². The number of thiophene rings is 1. The van der Waals surface area contributed by atoms with Gasteiger partial charge in [0, 0.05) is 6.54 Å². The van der Waals surface area contributed by atoms with Crippen molar-refractivity contribution in [2.75, 3.05) is 6.54 Å². The largest absolute Gasteiger partial charge is 0.387 e. The lowest BCUT2D eigenvalue weighted by molar-refractivity contribution is 0.0920. The molecule has 4 heteroatoms. The predicted molar refractivity (Wildman–Crippen MR) is 77.5 cm³/mol. The third-order valence-electron chi connectivity index (χ3n) is 2.99. The molecule has 0 saturated carbocycles. The Kier molecular flexibility index (Phi) is 4.35. The second-order valence-corrected chi connectivity index (χ2v) is 5.49. The van der Waals surface area contributed by atoms with E-state index < -0.39 is 6.10 Å². The van der Waals surface area contributed by atoms with Crippen LogP contribution < -0.4 is 5.32 Å². The van der Waals surface area contributed by atoms with Gasteiger partial charge in [0.25, 0.3) is 5.91 Å². The molecule has 0 radical (unpaired) electrons. The van der Waals surface area contributed by atoms with Crippen LogP contribution in [0.25, 0.3) is 0 Å². The number of hydrogen-bond acceptors (Lipinski definition) is 3. The first-order chi connectivity index (χ1) is 9.08. The average Bonchev–Trinajstić information content (AvgIpc) is 2.83. The summed E-state index contributed by atoms with van der Waals surface area (Å²) in [7, 11) is 0. The van der Waals surface area contributed by atoms with E-state index in [1.165, 1.54) is 11.3 Å². The number of rotatable bonds is 4.